The fourth-order valence-electron chi connectivity index (χ4n) is 2.20. The van der Waals surface area contributed by atoms with Crippen LogP contribution in [0.3, 0.4) is 0 Å². The van der Waals surface area contributed by atoms with Crippen LogP contribution in [0.5, 0.6) is 0 Å². The van der Waals surface area contributed by atoms with Gasteiger partial charge in [0, 0.05) is 18.5 Å². The molecule has 5 heteroatoms. The molecule has 2 rings (SSSR count). The summed E-state index contributed by atoms with van der Waals surface area (Å²) in [5, 5.41) is 5.09. The van der Waals surface area contributed by atoms with Crippen LogP contribution in [-0.2, 0) is 0 Å². The molecule has 0 fully saturated rings. The monoisotopic (exact) mass is 304 g/mol. The minimum Gasteiger partial charge on any atom is -0.337 e. The van der Waals surface area contributed by atoms with Crippen molar-refractivity contribution in [3.05, 3.63) is 65.7 Å². The van der Waals surface area contributed by atoms with E-state index in [9.17, 15) is 13.6 Å². The first-order valence-electron chi connectivity index (χ1n) is 7.15. The molecule has 1 unspecified atom stereocenters. The van der Waals surface area contributed by atoms with Gasteiger partial charge in [-0.05, 0) is 24.1 Å². The molecule has 2 aromatic rings. The lowest BCUT2D eigenvalue weighted by molar-refractivity contribution is 0.251. The molecular weight excluding hydrogens is 286 g/mol. The maximum atomic E-state index is 13.5. The Morgan fingerprint density at radius 2 is 1.86 bits per heavy atom. The minimum absolute atomic E-state index is 0.0494. The quantitative estimate of drug-likeness (QED) is 0.850. The number of hydrogen-bond acceptors (Lipinski definition) is 1. The van der Waals surface area contributed by atoms with Gasteiger partial charge in [0.2, 0.25) is 0 Å². The number of benzene rings is 2. The van der Waals surface area contributed by atoms with E-state index in [0.29, 0.717) is 6.54 Å². The van der Waals surface area contributed by atoms with E-state index in [2.05, 4.69) is 10.6 Å². The first-order chi connectivity index (χ1) is 10.6. The van der Waals surface area contributed by atoms with Crippen LogP contribution in [0, 0.1) is 11.6 Å². The second-order valence-corrected chi connectivity index (χ2v) is 4.98. The SMILES string of the molecule is CCC(CNC(=O)Nc1ccc(F)cc1F)c1ccccc1. The fraction of sp³-hybridized carbons (Fsp3) is 0.235. The third-order valence-electron chi connectivity index (χ3n) is 3.45. The van der Waals surface area contributed by atoms with E-state index in [1.807, 2.05) is 37.3 Å². The number of carbonyl (C=O) groups is 1. The van der Waals surface area contributed by atoms with Gasteiger partial charge in [0.15, 0.2) is 0 Å². The molecule has 2 aromatic carbocycles. The van der Waals surface area contributed by atoms with Gasteiger partial charge in [-0.25, -0.2) is 13.6 Å². The van der Waals surface area contributed by atoms with Crippen molar-refractivity contribution in [3.63, 3.8) is 0 Å². The fourth-order valence-corrected chi connectivity index (χ4v) is 2.20. The van der Waals surface area contributed by atoms with E-state index < -0.39 is 17.7 Å². The van der Waals surface area contributed by atoms with E-state index >= 15 is 0 Å². The van der Waals surface area contributed by atoms with Crippen molar-refractivity contribution in [2.75, 3.05) is 11.9 Å². The Balaban J connectivity index is 1.92. The molecule has 22 heavy (non-hydrogen) atoms. The zero-order chi connectivity index (χ0) is 15.9. The largest absolute Gasteiger partial charge is 0.337 e. The van der Waals surface area contributed by atoms with Gasteiger partial charge in [0.05, 0.1) is 5.69 Å². The van der Waals surface area contributed by atoms with E-state index in [-0.39, 0.29) is 11.6 Å². The highest BCUT2D eigenvalue weighted by molar-refractivity contribution is 5.89. The smallest absolute Gasteiger partial charge is 0.319 e. The van der Waals surface area contributed by atoms with Crippen LogP contribution in [-0.4, -0.2) is 12.6 Å². The number of amides is 2. The summed E-state index contributed by atoms with van der Waals surface area (Å²) >= 11 is 0. The van der Waals surface area contributed by atoms with Crippen molar-refractivity contribution >= 4 is 11.7 Å². The number of hydrogen-bond donors (Lipinski definition) is 2. The maximum Gasteiger partial charge on any atom is 0.319 e. The standard InChI is InChI=1S/C17H18F2N2O/c1-2-12(13-6-4-3-5-7-13)11-20-17(22)21-16-9-8-14(18)10-15(16)19/h3-10,12H,2,11H2,1H3,(H2,20,21,22). The molecule has 0 heterocycles. The van der Waals surface area contributed by atoms with Gasteiger partial charge in [-0.2, -0.15) is 0 Å². The zero-order valence-corrected chi connectivity index (χ0v) is 12.3. The van der Waals surface area contributed by atoms with Gasteiger partial charge in [0.25, 0.3) is 0 Å². The Morgan fingerprint density at radius 3 is 2.50 bits per heavy atom. The number of carbonyl (C=O) groups excluding carboxylic acids is 1. The molecule has 0 saturated carbocycles. The molecule has 0 spiro atoms. The molecule has 0 bridgehead atoms. The lowest BCUT2D eigenvalue weighted by Crippen LogP contribution is -2.32. The van der Waals surface area contributed by atoms with Gasteiger partial charge in [-0.15, -0.1) is 0 Å². The summed E-state index contributed by atoms with van der Waals surface area (Å²) in [6.07, 6.45) is 0.870. The van der Waals surface area contributed by atoms with Crippen molar-refractivity contribution in [3.8, 4) is 0 Å². The molecule has 0 aliphatic carbocycles. The molecule has 0 aliphatic rings. The Bertz CT molecular complexity index is 632. The molecule has 1 atom stereocenters. The molecule has 2 amide bonds. The van der Waals surface area contributed by atoms with Gasteiger partial charge in [0.1, 0.15) is 11.6 Å². The minimum atomic E-state index is -0.801. The predicted molar refractivity (Wildman–Crippen MR) is 82.9 cm³/mol. The number of halogens is 2. The van der Waals surface area contributed by atoms with Crippen LogP contribution in [0.25, 0.3) is 0 Å². The summed E-state index contributed by atoms with van der Waals surface area (Å²) in [5.41, 5.74) is 1.09. The van der Waals surface area contributed by atoms with Gasteiger partial charge in [-0.1, -0.05) is 37.3 Å². The van der Waals surface area contributed by atoms with Crippen LogP contribution >= 0.6 is 0 Å². The molecule has 0 aromatic heterocycles. The van der Waals surface area contributed by atoms with Crippen LogP contribution in [0.15, 0.2) is 48.5 Å². The van der Waals surface area contributed by atoms with Crippen LogP contribution in [0.4, 0.5) is 19.3 Å². The third kappa shape index (κ3) is 4.28. The van der Waals surface area contributed by atoms with Crippen LogP contribution < -0.4 is 10.6 Å². The second kappa shape index (κ2) is 7.54. The van der Waals surface area contributed by atoms with E-state index in [1.165, 1.54) is 6.07 Å². The average molecular weight is 304 g/mol. The lowest BCUT2D eigenvalue weighted by atomic mass is 9.97. The van der Waals surface area contributed by atoms with Crippen LogP contribution in [0.1, 0.15) is 24.8 Å². The summed E-state index contributed by atoms with van der Waals surface area (Å²) in [6.45, 7) is 2.48. The van der Waals surface area contributed by atoms with Gasteiger partial charge in [-0.3, -0.25) is 0 Å². The molecule has 116 valence electrons. The summed E-state index contributed by atoms with van der Waals surface area (Å²) in [5.74, 6) is -1.30. The van der Waals surface area contributed by atoms with E-state index in [0.717, 1.165) is 24.1 Å². The summed E-state index contributed by atoms with van der Waals surface area (Å²) in [4.78, 5) is 11.8. The van der Waals surface area contributed by atoms with Crippen molar-refractivity contribution < 1.29 is 13.6 Å². The predicted octanol–water partition coefficient (Wildman–Crippen LogP) is 4.28. The van der Waals surface area contributed by atoms with Crippen molar-refractivity contribution in [1.29, 1.82) is 0 Å². The highest BCUT2D eigenvalue weighted by Gasteiger charge is 2.12. The maximum absolute atomic E-state index is 13.5. The topological polar surface area (TPSA) is 41.1 Å². The van der Waals surface area contributed by atoms with Crippen molar-refractivity contribution in [2.24, 2.45) is 0 Å². The van der Waals surface area contributed by atoms with Gasteiger partial charge < -0.3 is 10.6 Å². The first kappa shape index (κ1) is 15.9. The number of urea groups is 1. The summed E-state index contributed by atoms with van der Waals surface area (Å²) in [7, 11) is 0. The average Bonchev–Trinajstić information content (AvgIpc) is 2.52. The molecule has 3 nitrogen and oxygen atoms in total. The lowest BCUT2D eigenvalue weighted by Gasteiger charge is -2.16. The molecule has 2 N–H and O–H groups in total. The van der Waals surface area contributed by atoms with Crippen LogP contribution in [0.2, 0.25) is 0 Å². The molecule has 0 radical (unpaired) electrons. The number of nitrogens with one attached hydrogen (secondary N) is 2. The molecule has 0 saturated heterocycles. The highest BCUT2D eigenvalue weighted by atomic mass is 19.1. The summed E-state index contributed by atoms with van der Waals surface area (Å²) in [6, 6.07) is 12.4. The Morgan fingerprint density at radius 1 is 1.14 bits per heavy atom. The van der Waals surface area contributed by atoms with E-state index in [1.54, 1.807) is 0 Å². The normalized spacial score (nSPS) is 11.8. The van der Waals surface area contributed by atoms with Crippen molar-refractivity contribution in [2.45, 2.75) is 19.3 Å². The second-order valence-electron chi connectivity index (χ2n) is 4.98. The Kier molecular flexibility index (Phi) is 5.47. The van der Waals surface area contributed by atoms with Crippen molar-refractivity contribution in [1.82, 2.24) is 5.32 Å². The first-order valence-corrected chi connectivity index (χ1v) is 7.15. The number of rotatable bonds is 5. The molecular formula is C17H18F2N2O. The summed E-state index contributed by atoms with van der Waals surface area (Å²) < 4.78 is 26.3. The zero-order valence-electron chi connectivity index (χ0n) is 12.3. The molecule has 0 aliphatic heterocycles. The Hall–Kier alpha value is -2.43. The third-order valence-corrected chi connectivity index (χ3v) is 3.45. The van der Waals surface area contributed by atoms with Gasteiger partial charge >= 0.3 is 6.03 Å². The number of anilines is 1. The highest BCUT2D eigenvalue weighted by Crippen LogP contribution is 2.18. The Labute approximate surface area is 128 Å². The van der Waals surface area contributed by atoms with E-state index in [4.69, 9.17) is 0 Å².